The van der Waals surface area contributed by atoms with Gasteiger partial charge < -0.3 is 10.6 Å². The van der Waals surface area contributed by atoms with E-state index < -0.39 is 17.6 Å². The van der Waals surface area contributed by atoms with Crippen LogP contribution in [0.15, 0.2) is 35.6 Å². The van der Waals surface area contributed by atoms with Crippen LogP contribution in [-0.4, -0.2) is 44.5 Å². The average Bonchev–Trinajstić information content (AvgIpc) is 3.10. The molecule has 0 atom stereocenters. The second-order valence-electron chi connectivity index (χ2n) is 6.79. The Balaban J connectivity index is 1.69. The van der Waals surface area contributed by atoms with Crippen molar-refractivity contribution in [1.82, 2.24) is 25.1 Å². The summed E-state index contributed by atoms with van der Waals surface area (Å²) in [7, 11) is 0. The van der Waals surface area contributed by atoms with Crippen LogP contribution in [0.1, 0.15) is 29.8 Å². The Morgan fingerprint density at radius 1 is 1.20 bits per heavy atom. The van der Waals surface area contributed by atoms with Crippen LogP contribution in [0, 0.1) is 0 Å². The van der Waals surface area contributed by atoms with Crippen molar-refractivity contribution in [2.45, 2.75) is 37.8 Å². The maximum absolute atomic E-state index is 12.6. The minimum atomic E-state index is -4.43. The zero-order valence-corrected chi connectivity index (χ0v) is 17.4. The van der Waals surface area contributed by atoms with Crippen LogP contribution in [0.5, 0.6) is 0 Å². The van der Waals surface area contributed by atoms with Crippen molar-refractivity contribution < 1.29 is 18.0 Å². The number of nitrogens with zero attached hydrogens (tertiary/aromatic N) is 4. The number of rotatable bonds is 7. The number of hydrogen-bond acceptors (Lipinski definition) is 6. The van der Waals surface area contributed by atoms with E-state index in [4.69, 9.17) is 0 Å². The Morgan fingerprint density at radius 2 is 1.90 bits per heavy atom. The molecule has 0 spiro atoms. The fourth-order valence-corrected chi connectivity index (χ4v) is 3.12. The van der Waals surface area contributed by atoms with E-state index in [1.165, 1.54) is 11.8 Å². The molecule has 0 aliphatic rings. The number of fused-ring (bicyclic) bond motifs is 1. The number of hydrogen-bond donors (Lipinski definition) is 2. The molecule has 2 aromatic heterocycles. The molecule has 0 fully saturated rings. The number of aromatic nitrogens is 4. The first kappa shape index (κ1) is 21.9. The molecule has 3 rings (SSSR count). The number of carbonyl (C=O) groups excluding carboxylic acids is 1. The highest BCUT2D eigenvalue weighted by Crippen LogP contribution is 2.29. The second kappa shape index (κ2) is 8.90. The summed E-state index contributed by atoms with van der Waals surface area (Å²) in [6.07, 6.45) is -0.885. The molecule has 0 radical (unpaired) electrons. The summed E-state index contributed by atoms with van der Waals surface area (Å²) in [4.78, 5) is 21.2. The van der Waals surface area contributed by atoms with Crippen LogP contribution in [0.3, 0.4) is 0 Å². The van der Waals surface area contributed by atoms with Crippen molar-refractivity contribution in [1.29, 1.82) is 0 Å². The maximum Gasteiger partial charge on any atom is 0.416 e. The smallest absolute Gasteiger partial charge is 0.367 e. The van der Waals surface area contributed by atoms with Crippen molar-refractivity contribution in [3.8, 4) is 0 Å². The van der Waals surface area contributed by atoms with Gasteiger partial charge in [-0.1, -0.05) is 11.8 Å². The van der Waals surface area contributed by atoms with Gasteiger partial charge >= 0.3 is 6.18 Å². The third-order valence-electron chi connectivity index (χ3n) is 4.17. The highest BCUT2D eigenvalue weighted by molar-refractivity contribution is 7.98. The minimum Gasteiger partial charge on any atom is -0.367 e. The molecular formula is C19H21F3N6OS. The van der Waals surface area contributed by atoms with Gasteiger partial charge in [-0.2, -0.15) is 18.3 Å². The fraction of sp³-hybridized carbons (Fsp3) is 0.368. The molecule has 0 unspecified atom stereocenters. The molecule has 0 saturated heterocycles. The van der Waals surface area contributed by atoms with Crippen LogP contribution < -0.4 is 10.6 Å². The van der Waals surface area contributed by atoms with Crippen molar-refractivity contribution >= 4 is 34.5 Å². The number of anilines is 1. The van der Waals surface area contributed by atoms with Crippen LogP contribution in [0.4, 0.5) is 19.0 Å². The van der Waals surface area contributed by atoms with Crippen molar-refractivity contribution in [3.63, 3.8) is 0 Å². The first-order valence-electron chi connectivity index (χ1n) is 9.18. The summed E-state index contributed by atoms with van der Waals surface area (Å²) in [5.41, 5.74) is 0.00201. The van der Waals surface area contributed by atoms with Crippen LogP contribution in [0.25, 0.3) is 11.0 Å². The molecule has 0 aliphatic carbocycles. The summed E-state index contributed by atoms with van der Waals surface area (Å²) in [5, 5.41) is 11.7. The highest BCUT2D eigenvalue weighted by atomic mass is 32.2. The number of alkyl halides is 3. The number of thioether (sulfide) groups is 1. The maximum atomic E-state index is 12.6. The SMILES string of the molecule is CSc1nc(NC(C)C)c2cnn(CCNC(=O)c3ccc(C(F)(F)F)cc3)c2n1. The van der Waals surface area contributed by atoms with Gasteiger partial charge in [0.1, 0.15) is 5.82 Å². The third kappa shape index (κ3) is 5.02. The number of halogens is 3. The lowest BCUT2D eigenvalue weighted by Gasteiger charge is -2.11. The van der Waals surface area contributed by atoms with Gasteiger partial charge in [-0.05, 0) is 44.4 Å². The first-order valence-corrected chi connectivity index (χ1v) is 10.4. The summed E-state index contributed by atoms with van der Waals surface area (Å²) in [5.74, 6) is 0.237. The second-order valence-corrected chi connectivity index (χ2v) is 7.57. The molecule has 1 aromatic carbocycles. The lowest BCUT2D eigenvalue weighted by Crippen LogP contribution is -2.27. The van der Waals surface area contributed by atoms with Crippen LogP contribution in [-0.2, 0) is 12.7 Å². The van der Waals surface area contributed by atoms with E-state index in [1.807, 2.05) is 20.1 Å². The zero-order chi connectivity index (χ0) is 21.9. The predicted octanol–water partition coefficient (Wildman–Crippen LogP) is 3.82. The summed E-state index contributed by atoms with van der Waals surface area (Å²) in [6.45, 7) is 4.60. The first-order chi connectivity index (χ1) is 14.2. The van der Waals surface area contributed by atoms with E-state index in [1.54, 1.807) is 10.9 Å². The van der Waals surface area contributed by atoms with Gasteiger partial charge in [0.15, 0.2) is 10.8 Å². The molecule has 2 N–H and O–H groups in total. The molecule has 160 valence electrons. The van der Waals surface area contributed by atoms with E-state index in [9.17, 15) is 18.0 Å². The van der Waals surface area contributed by atoms with E-state index >= 15 is 0 Å². The third-order valence-corrected chi connectivity index (χ3v) is 4.71. The topological polar surface area (TPSA) is 84.7 Å². The quantitative estimate of drug-likeness (QED) is 0.431. The summed E-state index contributed by atoms with van der Waals surface area (Å²) in [6, 6.07) is 4.27. The molecule has 7 nitrogen and oxygen atoms in total. The lowest BCUT2D eigenvalue weighted by molar-refractivity contribution is -0.137. The Bertz CT molecular complexity index is 1030. The van der Waals surface area contributed by atoms with Gasteiger partial charge in [0, 0.05) is 18.2 Å². The largest absolute Gasteiger partial charge is 0.416 e. The molecule has 0 saturated carbocycles. The van der Waals surface area contributed by atoms with Crippen molar-refractivity contribution in [2.24, 2.45) is 0 Å². The molecular weight excluding hydrogens is 417 g/mol. The van der Waals surface area contributed by atoms with Gasteiger partial charge in [-0.15, -0.1) is 0 Å². The molecule has 0 bridgehead atoms. The number of benzene rings is 1. The average molecular weight is 438 g/mol. The monoisotopic (exact) mass is 438 g/mol. The van der Waals surface area contributed by atoms with E-state index in [0.717, 1.165) is 29.7 Å². The van der Waals surface area contributed by atoms with Crippen molar-refractivity contribution in [2.75, 3.05) is 18.1 Å². The fourth-order valence-electron chi connectivity index (χ4n) is 2.76. The van der Waals surface area contributed by atoms with E-state index in [2.05, 4.69) is 25.7 Å². The summed E-state index contributed by atoms with van der Waals surface area (Å²) < 4.78 is 39.6. The molecule has 11 heteroatoms. The highest BCUT2D eigenvalue weighted by Gasteiger charge is 2.30. The molecule has 0 aliphatic heterocycles. The van der Waals surface area contributed by atoms with Gasteiger partial charge in [-0.3, -0.25) is 4.79 Å². The van der Waals surface area contributed by atoms with Gasteiger partial charge in [-0.25, -0.2) is 14.6 Å². The lowest BCUT2D eigenvalue weighted by atomic mass is 10.1. The number of carbonyl (C=O) groups is 1. The summed E-state index contributed by atoms with van der Waals surface area (Å²) >= 11 is 1.41. The zero-order valence-electron chi connectivity index (χ0n) is 16.6. The Labute approximate surface area is 175 Å². The van der Waals surface area contributed by atoms with Crippen LogP contribution >= 0.6 is 11.8 Å². The Kier molecular flexibility index (Phi) is 6.49. The predicted molar refractivity (Wildman–Crippen MR) is 110 cm³/mol. The van der Waals surface area contributed by atoms with Crippen LogP contribution in [0.2, 0.25) is 0 Å². The number of amides is 1. The molecule has 30 heavy (non-hydrogen) atoms. The van der Waals surface area contributed by atoms with E-state index in [0.29, 0.717) is 23.2 Å². The number of nitrogens with one attached hydrogen (secondary N) is 2. The minimum absolute atomic E-state index is 0.156. The van der Waals surface area contributed by atoms with Gasteiger partial charge in [0.05, 0.1) is 23.7 Å². The Morgan fingerprint density at radius 3 is 2.50 bits per heavy atom. The standard InChI is InChI=1S/C19H21F3N6OS/c1-11(2)25-15-14-10-24-28(16(14)27-18(26-15)30-3)9-8-23-17(29)12-4-6-13(7-5-12)19(20,21)22/h4-7,10-11H,8-9H2,1-3H3,(H,23,29)(H,25,26,27). The Hall–Kier alpha value is -2.82. The molecule has 1 amide bonds. The van der Waals surface area contributed by atoms with Gasteiger partial charge in [0.2, 0.25) is 0 Å². The molecule has 2 heterocycles. The van der Waals surface area contributed by atoms with Gasteiger partial charge in [0.25, 0.3) is 5.91 Å². The molecule has 3 aromatic rings. The van der Waals surface area contributed by atoms with E-state index in [-0.39, 0.29) is 18.2 Å². The normalized spacial score (nSPS) is 11.8. The van der Waals surface area contributed by atoms with Crippen molar-refractivity contribution in [3.05, 3.63) is 41.6 Å².